The van der Waals surface area contributed by atoms with Crippen molar-refractivity contribution >= 4 is 35.6 Å². The summed E-state index contributed by atoms with van der Waals surface area (Å²) in [6.45, 7) is -0.0650. The quantitative estimate of drug-likeness (QED) is 0.259. The smallest absolute Gasteiger partial charge is 0.322 e. The first-order chi connectivity index (χ1) is 12.0. The Morgan fingerprint density at radius 2 is 2.24 bits per heavy atom. The Kier molecular flexibility index (Phi) is 4.42. The van der Waals surface area contributed by atoms with Gasteiger partial charge in [0.2, 0.25) is 0 Å². The van der Waals surface area contributed by atoms with E-state index in [-0.39, 0.29) is 18.2 Å². The van der Waals surface area contributed by atoms with E-state index < -0.39 is 23.4 Å². The van der Waals surface area contributed by atoms with E-state index in [0.717, 1.165) is 19.1 Å². The van der Waals surface area contributed by atoms with Crippen molar-refractivity contribution in [2.45, 2.75) is 18.4 Å². The molecule has 2 fully saturated rings. The van der Waals surface area contributed by atoms with E-state index in [1.54, 1.807) is 24.4 Å². The molecule has 25 heavy (non-hydrogen) atoms. The molecule has 10 nitrogen and oxygen atoms in total. The van der Waals surface area contributed by atoms with Crippen molar-refractivity contribution < 1.29 is 14.4 Å². The van der Waals surface area contributed by atoms with Crippen molar-refractivity contribution in [2.24, 2.45) is 11.0 Å². The predicted octanol–water partition coefficient (Wildman–Crippen LogP) is -0.397. The lowest BCUT2D eigenvalue weighted by molar-refractivity contribution is -0.125. The van der Waals surface area contributed by atoms with Gasteiger partial charge < -0.3 is 16.0 Å². The van der Waals surface area contributed by atoms with E-state index in [9.17, 15) is 14.4 Å². The van der Waals surface area contributed by atoms with Crippen LogP contribution in [0, 0.1) is 11.3 Å². The maximum Gasteiger partial charge on any atom is 0.322 e. The summed E-state index contributed by atoms with van der Waals surface area (Å²) in [5, 5.41) is 18.6. The molecule has 0 spiro atoms. The average molecular weight is 343 g/mol. The molecule has 5 N–H and O–H groups in total. The van der Waals surface area contributed by atoms with Crippen LogP contribution in [-0.4, -0.2) is 46.8 Å². The Bertz CT molecular complexity index is 745. The summed E-state index contributed by atoms with van der Waals surface area (Å²) < 4.78 is 0. The number of rotatable bonds is 7. The number of hydrogen-bond donors (Lipinski definition) is 5. The number of pyridine rings is 1. The summed E-state index contributed by atoms with van der Waals surface area (Å²) in [6.07, 6.45) is 3.96. The maximum absolute atomic E-state index is 12.2. The molecule has 10 heteroatoms. The second kappa shape index (κ2) is 6.67. The number of carbonyl (C=O) groups excluding carboxylic acids is 3. The van der Waals surface area contributed by atoms with E-state index in [2.05, 4.69) is 31.5 Å². The average Bonchev–Trinajstić information content (AvgIpc) is 3.41. The van der Waals surface area contributed by atoms with Gasteiger partial charge in [-0.05, 0) is 30.9 Å². The van der Waals surface area contributed by atoms with Gasteiger partial charge in [0.25, 0.3) is 11.8 Å². The van der Waals surface area contributed by atoms with Gasteiger partial charge in [-0.15, -0.1) is 0 Å². The lowest BCUT2D eigenvalue weighted by Gasteiger charge is -2.26. The van der Waals surface area contributed by atoms with Crippen LogP contribution in [0.1, 0.15) is 12.8 Å². The van der Waals surface area contributed by atoms with Crippen LogP contribution in [0.4, 0.5) is 10.6 Å². The van der Waals surface area contributed by atoms with E-state index in [0.29, 0.717) is 5.82 Å². The minimum absolute atomic E-state index is 0.00809. The molecule has 1 saturated heterocycles. The van der Waals surface area contributed by atoms with Crippen LogP contribution < -0.4 is 21.4 Å². The third-order valence-corrected chi connectivity index (χ3v) is 4.10. The van der Waals surface area contributed by atoms with Crippen LogP contribution >= 0.6 is 0 Å². The normalized spacial score (nSPS) is 22.8. The van der Waals surface area contributed by atoms with E-state index in [1.807, 2.05) is 0 Å². The van der Waals surface area contributed by atoms with Crippen molar-refractivity contribution in [2.75, 3.05) is 12.0 Å². The molecule has 130 valence electrons. The highest BCUT2D eigenvalue weighted by Crippen LogP contribution is 2.40. The van der Waals surface area contributed by atoms with Gasteiger partial charge in [0.1, 0.15) is 11.4 Å². The molecule has 1 atom stereocenters. The zero-order valence-corrected chi connectivity index (χ0v) is 13.2. The summed E-state index contributed by atoms with van der Waals surface area (Å²) in [6, 6.07) is 4.57. The molecule has 2 aliphatic rings. The number of aromatic nitrogens is 1. The van der Waals surface area contributed by atoms with Crippen LogP contribution in [0.25, 0.3) is 0 Å². The van der Waals surface area contributed by atoms with E-state index >= 15 is 0 Å². The Hall–Kier alpha value is -3.30. The van der Waals surface area contributed by atoms with Crippen molar-refractivity contribution in [1.29, 1.82) is 5.41 Å². The maximum atomic E-state index is 12.2. The molecule has 1 aliphatic carbocycles. The number of hydrazone groups is 1. The fourth-order valence-electron chi connectivity index (χ4n) is 2.64. The first-order valence-corrected chi connectivity index (χ1v) is 7.72. The zero-order chi connectivity index (χ0) is 17.9. The van der Waals surface area contributed by atoms with Gasteiger partial charge in [-0.1, -0.05) is 6.07 Å². The summed E-state index contributed by atoms with van der Waals surface area (Å²) in [4.78, 5) is 39.8. The second-order valence-electron chi connectivity index (χ2n) is 5.80. The molecule has 2 heterocycles. The van der Waals surface area contributed by atoms with Crippen LogP contribution in [-0.2, 0) is 9.59 Å². The van der Waals surface area contributed by atoms with Crippen molar-refractivity contribution in [1.82, 2.24) is 20.9 Å². The zero-order valence-electron chi connectivity index (χ0n) is 13.2. The number of anilines is 1. The molecule has 4 amide bonds. The highest BCUT2D eigenvalue weighted by molar-refractivity contribution is 6.60. The fraction of sp³-hybridized carbons (Fsp3) is 0.333. The summed E-state index contributed by atoms with van der Waals surface area (Å²) in [5.74, 6) is -0.662. The van der Waals surface area contributed by atoms with E-state index in [4.69, 9.17) is 5.41 Å². The largest absolute Gasteiger partial charge is 0.348 e. The lowest BCUT2D eigenvalue weighted by Crippen LogP contribution is -2.57. The number of carbonyl (C=O) groups is 3. The number of nitrogens with zero attached hydrogens (tertiary/aromatic N) is 2. The van der Waals surface area contributed by atoms with E-state index in [1.165, 1.54) is 0 Å². The molecule has 0 radical (unpaired) electrons. The van der Waals surface area contributed by atoms with Gasteiger partial charge in [0.05, 0.1) is 12.8 Å². The predicted molar refractivity (Wildman–Crippen MR) is 89.2 cm³/mol. The molecule has 1 aliphatic heterocycles. The van der Waals surface area contributed by atoms with Crippen LogP contribution in [0.5, 0.6) is 0 Å². The first kappa shape index (κ1) is 16.6. The Morgan fingerprint density at radius 3 is 2.80 bits per heavy atom. The molecule has 0 bridgehead atoms. The Labute approximate surface area is 143 Å². The number of amides is 4. The van der Waals surface area contributed by atoms with Gasteiger partial charge in [0, 0.05) is 6.20 Å². The summed E-state index contributed by atoms with van der Waals surface area (Å²) >= 11 is 0. The molecule has 3 rings (SSSR count). The molecule has 0 unspecified atom stereocenters. The standard InChI is InChI=1S/C15H17N7O3/c16-7-10(21-22-11-3-1-2-6-17-11)12(23)18-8-15(9-4-5-9)13(24)19-14(25)20-15/h1-3,6-7,9,16H,4-5,8H2,(H,17,22)(H,18,23)(H2,19,20,24,25)/b16-7?,21-10+/t15-/m0/s1. The highest BCUT2D eigenvalue weighted by atomic mass is 16.2. The Morgan fingerprint density at radius 1 is 1.44 bits per heavy atom. The molecular formula is C15H17N7O3. The number of nitrogens with one attached hydrogen (secondary N) is 5. The molecule has 1 aromatic heterocycles. The molecule has 1 aromatic rings. The van der Waals surface area contributed by atoms with Gasteiger partial charge >= 0.3 is 6.03 Å². The third kappa shape index (κ3) is 3.47. The number of hydrogen-bond acceptors (Lipinski definition) is 7. The van der Waals surface area contributed by atoms with Crippen molar-refractivity contribution in [3.8, 4) is 0 Å². The van der Waals surface area contributed by atoms with Gasteiger partial charge in [0.15, 0.2) is 5.71 Å². The lowest BCUT2D eigenvalue weighted by atomic mass is 9.93. The SMILES string of the molecule is N=C/C(=N\Nc1ccccn1)C(=O)NC[C@@]1(C2CC2)NC(=O)NC1=O. The van der Waals surface area contributed by atoms with Crippen molar-refractivity contribution in [3.63, 3.8) is 0 Å². The Balaban J connectivity index is 1.65. The van der Waals surface area contributed by atoms with Gasteiger partial charge in [-0.25, -0.2) is 9.78 Å². The number of urea groups is 1. The van der Waals surface area contributed by atoms with Crippen LogP contribution in [0.2, 0.25) is 0 Å². The highest BCUT2D eigenvalue weighted by Gasteiger charge is 2.56. The van der Waals surface area contributed by atoms with Crippen molar-refractivity contribution in [3.05, 3.63) is 24.4 Å². The summed E-state index contributed by atoms with van der Waals surface area (Å²) in [5.41, 5.74) is 1.27. The fourth-order valence-corrected chi connectivity index (χ4v) is 2.64. The van der Waals surface area contributed by atoms with Gasteiger partial charge in [-0.3, -0.25) is 20.3 Å². The third-order valence-electron chi connectivity index (χ3n) is 4.10. The second-order valence-corrected chi connectivity index (χ2v) is 5.80. The minimum atomic E-state index is -1.13. The first-order valence-electron chi connectivity index (χ1n) is 7.72. The molecule has 0 aromatic carbocycles. The number of imide groups is 1. The van der Waals surface area contributed by atoms with Crippen LogP contribution in [0.15, 0.2) is 29.5 Å². The van der Waals surface area contributed by atoms with Crippen LogP contribution in [0.3, 0.4) is 0 Å². The summed E-state index contributed by atoms with van der Waals surface area (Å²) in [7, 11) is 0. The van der Waals surface area contributed by atoms with Gasteiger partial charge in [-0.2, -0.15) is 5.10 Å². The minimum Gasteiger partial charge on any atom is -0.348 e. The molecule has 1 saturated carbocycles. The monoisotopic (exact) mass is 343 g/mol. The molecular weight excluding hydrogens is 326 g/mol. The topological polar surface area (TPSA) is 148 Å².